The van der Waals surface area contributed by atoms with Crippen LogP contribution in [0, 0.1) is 5.41 Å². The molecule has 0 aliphatic carbocycles. The second kappa shape index (κ2) is 6.52. The van der Waals surface area contributed by atoms with E-state index in [0.29, 0.717) is 0 Å². The van der Waals surface area contributed by atoms with Gasteiger partial charge in [-0.2, -0.15) is 0 Å². The van der Waals surface area contributed by atoms with Gasteiger partial charge in [0.15, 0.2) is 0 Å². The molecule has 1 aromatic rings. The van der Waals surface area contributed by atoms with Gasteiger partial charge in [0.1, 0.15) is 0 Å². The molecule has 0 radical (unpaired) electrons. The highest BCUT2D eigenvalue weighted by Gasteiger charge is 2.29. The summed E-state index contributed by atoms with van der Waals surface area (Å²) in [5.41, 5.74) is 6.35. The zero-order valence-corrected chi connectivity index (χ0v) is 12.1. The number of rotatable bonds is 5. The van der Waals surface area contributed by atoms with E-state index in [9.17, 15) is 9.59 Å². The normalized spacial score (nSPS) is 14.4. The van der Waals surface area contributed by atoms with E-state index in [0.717, 1.165) is 5.56 Å². The molecule has 4 N–H and O–H groups in total. The van der Waals surface area contributed by atoms with E-state index < -0.39 is 17.9 Å². The molecule has 0 bridgehead atoms. The number of hydrogen-bond acceptors (Lipinski definition) is 3. The molecule has 0 aliphatic heterocycles. The topological polar surface area (TPSA) is 92.4 Å². The van der Waals surface area contributed by atoms with Crippen molar-refractivity contribution in [3.8, 4) is 0 Å². The van der Waals surface area contributed by atoms with Crippen LogP contribution in [0.3, 0.4) is 0 Å². The van der Waals surface area contributed by atoms with Gasteiger partial charge in [0.25, 0.3) is 0 Å². The van der Waals surface area contributed by atoms with E-state index in [1.165, 1.54) is 0 Å². The molecule has 0 heterocycles. The van der Waals surface area contributed by atoms with Gasteiger partial charge in [0.2, 0.25) is 5.91 Å². The van der Waals surface area contributed by atoms with Crippen molar-refractivity contribution in [1.82, 2.24) is 5.32 Å². The minimum absolute atomic E-state index is 0.208. The van der Waals surface area contributed by atoms with Gasteiger partial charge < -0.3 is 16.2 Å². The van der Waals surface area contributed by atoms with Crippen LogP contribution < -0.4 is 11.1 Å². The van der Waals surface area contributed by atoms with Crippen LogP contribution >= 0.6 is 0 Å². The number of hydrogen-bond donors (Lipinski definition) is 3. The molecule has 0 saturated carbocycles. The quantitative estimate of drug-likeness (QED) is 0.764. The van der Waals surface area contributed by atoms with Crippen LogP contribution in [0.4, 0.5) is 0 Å². The van der Waals surface area contributed by atoms with Crippen molar-refractivity contribution in [1.29, 1.82) is 0 Å². The Balaban J connectivity index is 2.87. The van der Waals surface area contributed by atoms with Crippen LogP contribution in [-0.2, 0) is 9.59 Å². The molecule has 0 aromatic heterocycles. The lowest BCUT2D eigenvalue weighted by molar-refractivity contribution is -0.139. The van der Waals surface area contributed by atoms with Crippen molar-refractivity contribution in [2.45, 2.75) is 39.3 Å². The van der Waals surface area contributed by atoms with Gasteiger partial charge in [-0.15, -0.1) is 0 Å². The number of benzene rings is 1. The number of aliphatic carboxylic acids is 1. The third-order valence-electron chi connectivity index (χ3n) is 3.02. The summed E-state index contributed by atoms with van der Waals surface area (Å²) < 4.78 is 0. The highest BCUT2D eigenvalue weighted by molar-refractivity contribution is 5.86. The Kier molecular flexibility index (Phi) is 5.27. The summed E-state index contributed by atoms with van der Waals surface area (Å²) in [6.07, 6.45) is -0.377. The number of carboxylic acids is 1. The predicted octanol–water partition coefficient (Wildman–Crippen LogP) is 1.69. The summed E-state index contributed by atoms with van der Waals surface area (Å²) in [7, 11) is 0. The minimum Gasteiger partial charge on any atom is -0.481 e. The number of nitrogens with one attached hydrogen (secondary N) is 1. The van der Waals surface area contributed by atoms with Crippen LogP contribution in [0.1, 0.15) is 38.8 Å². The summed E-state index contributed by atoms with van der Waals surface area (Å²) in [5, 5.41) is 11.5. The maximum Gasteiger partial charge on any atom is 0.305 e. The number of carbonyl (C=O) groups excluding carboxylic acids is 1. The zero-order chi connectivity index (χ0) is 15.3. The Morgan fingerprint density at radius 3 is 2.25 bits per heavy atom. The van der Waals surface area contributed by atoms with Gasteiger partial charge in [-0.3, -0.25) is 9.59 Å². The van der Waals surface area contributed by atoms with Crippen molar-refractivity contribution in [2.24, 2.45) is 11.1 Å². The number of amides is 1. The first-order valence-corrected chi connectivity index (χ1v) is 6.54. The predicted molar refractivity (Wildman–Crippen MR) is 77.0 cm³/mol. The maximum atomic E-state index is 12.0. The standard InChI is InChI=1S/C15H22N2O3/c1-15(2,3)13(10-7-5-4-6-8-10)17-14(20)11(16)9-12(18)19/h4-8,11,13H,9,16H2,1-3H3,(H,17,20)(H,18,19). The van der Waals surface area contributed by atoms with Gasteiger partial charge in [0.05, 0.1) is 18.5 Å². The molecule has 20 heavy (non-hydrogen) atoms. The Labute approximate surface area is 119 Å². The van der Waals surface area contributed by atoms with Gasteiger partial charge in [0, 0.05) is 0 Å². The highest BCUT2D eigenvalue weighted by atomic mass is 16.4. The lowest BCUT2D eigenvalue weighted by atomic mass is 9.82. The van der Waals surface area contributed by atoms with Crippen LogP contribution in [0.2, 0.25) is 0 Å². The van der Waals surface area contributed by atoms with Crippen LogP contribution in [0.15, 0.2) is 30.3 Å². The average Bonchev–Trinajstić information content (AvgIpc) is 2.34. The summed E-state index contributed by atoms with van der Waals surface area (Å²) in [5.74, 6) is -1.53. The molecular formula is C15H22N2O3. The molecule has 2 atom stereocenters. The number of carboxylic acid groups (broad SMARTS) is 1. The van der Waals surface area contributed by atoms with Crippen LogP contribution in [0.5, 0.6) is 0 Å². The first kappa shape index (κ1) is 16.2. The molecule has 0 saturated heterocycles. The van der Waals surface area contributed by atoms with Crippen molar-refractivity contribution >= 4 is 11.9 Å². The smallest absolute Gasteiger partial charge is 0.305 e. The fraction of sp³-hybridized carbons (Fsp3) is 0.467. The average molecular weight is 278 g/mol. The molecular weight excluding hydrogens is 256 g/mol. The molecule has 0 spiro atoms. The lowest BCUT2D eigenvalue weighted by Crippen LogP contribution is -2.46. The maximum absolute atomic E-state index is 12.0. The molecule has 1 aromatic carbocycles. The monoisotopic (exact) mass is 278 g/mol. The van der Waals surface area contributed by atoms with E-state index in [4.69, 9.17) is 10.8 Å². The van der Waals surface area contributed by atoms with Crippen molar-refractivity contribution in [3.05, 3.63) is 35.9 Å². The first-order chi connectivity index (χ1) is 9.21. The Bertz CT molecular complexity index is 466. The molecule has 0 fully saturated rings. The highest BCUT2D eigenvalue weighted by Crippen LogP contribution is 2.32. The van der Waals surface area contributed by atoms with Crippen LogP contribution in [0.25, 0.3) is 0 Å². The molecule has 110 valence electrons. The van der Waals surface area contributed by atoms with Gasteiger partial charge in [-0.1, -0.05) is 51.1 Å². The molecule has 5 heteroatoms. The summed E-state index contributed by atoms with van der Waals surface area (Å²) >= 11 is 0. The Hall–Kier alpha value is -1.88. The van der Waals surface area contributed by atoms with Crippen LogP contribution in [-0.4, -0.2) is 23.0 Å². The largest absolute Gasteiger partial charge is 0.481 e. The number of nitrogens with two attached hydrogens (primary N) is 1. The molecule has 5 nitrogen and oxygen atoms in total. The van der Waals surface area contributed by atoms with Gasteiger partial charge >= 0.3 is 5.97 Å². The van der Waals surface area contributed by atoms with Crippen molar-refractivity contribution < 1.29 is 14.7 Å². The van der Waals surface area contributed by atoms with E-state index in [2.05, 4.69) is 5.32 Å². The molecule has 2 unspecified atom stereocenters. The summed E-state index contributed by atoms with van der Waals surface area (Å²) in [6.45, 7) is 6.02. The lowest BCUT2D eigenvalue weighted by Gasteiger charge is -2.32. The molecule has 0 aliphatic rings. The van der Waals surface area contributed by atoms with Gasteiger partial charge in [-0.25, -0.2) is 0 Å². The fourth-order valence-corrected chi connectivity index (χ4v) is 1.98. The Morgan fingerprint density at radius 2 is 1.80 bits per heavy atom. The van der Waals surface area contributed by atoms with E-state index >= 15 is 0 Å². The summed E-state index contributed by atoms with van der Waals surface area (Å²) in [4.78, 5) is 22.6. The second-order valence-corrected chi connectivity index (χ2v) is 5.92. The van der Waals surface area contributed by atoms with E-state index in [1.807, 2.05) is 51.1 Å². The van der Waals surface area contributed by atoms with Gasteiger partial charge in [-0.05, 0) is 11.0 Å². The Morgan fingerprint density at radius 1 is 1.25 bits per heavy atom. The van der Waals surface area contributed by atoms with E-state index in [-0.39, 0.29) is 17.9 Å². The first-order valence-electron chi connectivity index (χ1n) is 6.54. The number of carbonyl (C=O) groups is 2. The van der Waals surface area contributed by atoms with E-state index in [1.54, 1.807) is 0 Å². The second-order valence-electron chi connectivity index (χ2n) is 5.92. The molecule has 1 amide bonds. The molecule has 1 rings (SSSR count). The van der Waals surface area contributed by atoms with Crippen molar-refractivity contribution in [2.75, 3.05) is 0 Å². The zero-order valence-electron chi connectivity index (χ0n) is 12.1. The summed E-state index contributed by atoms with van der Waals surface area (Å²) in [6, 6.07) is 8.30. The third kappa shape index (κ3) is 4.66. The third-order valence-corrected chi connectivity index (χ3v) is 3.02. The van der Waals surface area contributed by atoms with Crippen molar-refractivity contribution in [3.63, 3.8) is 0 Å². The SMILES string of the molecule is CC(C)(C)C(NC(=O)C(N)CC(=O)O)c1ccccc1. The minimum atomic E-state index is -1.08. The fourth-order valence-electron chi connectivity index (χ4n) is 1.98.